The van der Waals surface area contributed by atoms with Gasteiger partial charge >= 0.3 is 0 Å². The second-order valence-corrected chi connectivity index (χ2v) is 10.6. The minimum atomic E-state index is 0.554. The quantitative estimate of drug-likeness (QED) is 0.677. The normalized spacial score (nSPS) is 27.6. The first kappa shape index (κ1) is 21.9. The Hall–Kier alpha value is -0.940. The van der Waals surface area contributed by atoms with Gasteiger partial charge in [-0.15, -0.1) is 0 Å². The molecule has 0 spiro atoms. The maximum atomic E-state index is 2.80. The lowest BCUT2D eigenvalue weighted by atomic mass is 9.98. The summed E-state index contributed by atoms with van der Waals surface area (Å²) in [4.78, 5) is 11.2. The molecule has 1 unspecified atom stereocenters. The fraction of sp³-hybridized carbons (Fsp3) is 0.778. The van der Waals surface area contributed by atoms with Gasteiger partial charge in [-0.1, -0.05) is 49.6 Å². The second kappa shape index (κ2) is 10.8. The smallest absolute Gasteiger partial charge is 0.0476 e. The van der Waals surface area contributed by atoms with Gasteiger partial charge in [0.15, 0.2) is 0 Å². The minimum Gasteiger partial charge on any atom is -0.301 e. The lowest BCUT2D eigenvalue weighted by molar-refractivity contribution is 0.0405. The molecule has 4 fully saturated rings. The number of hydrogen-bond acceptors (Lipinski definition) is 4. The largest absolute Gasteiger partial charge is 0.301 e. The predicted molar refractivity (Wildman–Crippen MR) is 129 cm³/mol. The highest BCUT2D eigenvalue weighted by molar-refractivity contribution is 5.20. The van der Waals surface area contributed by atoms with Crippen LogP contribution in [0.1, 0.15) is 69.4 Å². The Morgan fingerprint density at radius 3 is 1.90 bits per heavy atom. The summed E-state index contributed by atoms with van der Waals surface area (Å²) in [5, 5.41) is 0. The van der Waals surface area contributed by atoms with Crippen LogP contribution in [-0.4, -0.2) is 90.6 Å². The van der Waals surface area contributed by atoms with Crippen molar-refractivity contribution in [3.63, 3.8) is 0 Å². The van der Waals surface area contributed by atoms with Crippen molar-refractivity contribution < 1.29 is 0 Å². The van der Waals surface area contributed by atoms with Crippen molar-refractivity contribution in [2.24, 2.45) is 0 Å². The van der Waals surface area contributed by atoms with E-state index in [0.29, 0.717) is 6.04 Å². The Kier molecular flexibility index (Phi) is 7.61. The molecule has 1 atom stereocenters. The van der Waals surface area contributed by atoms with Gasteiger partial charge in [-0.05, 0) is 70.3 Å². The van der Waals surface area contributed by atoms with Gasteiger partial charge in [0.1, 0.15) is 0 Å². The average Bonchev–Trinajstić information content (AvgIpc) is 3.39. The molecular weight excluding hydrogens is 380 g/mol. The number of piperidine rings is 2. The number of hydrogen-bond donors (Lipinski definition) is 0. The zero-order valence-electron chi connectivity index (χ0n) is 19.6. The molecule has 0 bridgehead atoms. The van der Waals surface area contributed by atoms with Crippen molar-refractivity contribution in [3.8, 4) is 0 Å². The second-order valence-electron chi connectivity index (χ2n) is 10.6. The summed E-state index contributed by atoms with van der Waals surface area (Å²) in [5.41, 5.74) is 1.52. The molecular formula is C27H44N4. The summed E-state index contributed by atoms with van der Waals surface area (Å²) in [6.45, 7) is 11.5. The van der Waals surface area contributed by atoms with Crippen molar-refractivity contribution in [3.05, 3.63) is 35.9 Å². The Balaban J connectivity index is 1.18. The number of rotatable bonds is 6. The van der Waals surface area contributed by atoms with Gasteiger partial charge in [0, 0.05) is 50.8 Å². The number of likely N-dealkylation sites (tertiary alicyclic amines) is 2. The van der Waals surface area contributed by atoms with Gasteiger partial charge in [-0.2, -0.15) is 0 Å². The lowest BCUT2D eigenvalue weighted by Gasteiger charge is -2.45. The third kappa shape index (κ3) is 5.52. The van der Waals surface area contributed by atoms with E-state index in [-0.39, 0.29) is 0 Å². The van der Waals surface area contributed by atoms with Crippen molar-refractivity contribution in [2.45, 2.75) is 75.9 Å². The van der Waals surface area contributed by atoms with E-state index >= 15 is 0 Å². The summed E-state index contributed by atoms with van der Waals surface area (Å²) >= 11 is 0. The van der Waals surface area contributed by atoms with Gasteiger partial charge < -0.3 is 9.80 Å². The molecule has 1 aromatic rings. The summed E-state index contributed by atoms with van der Waals surface area (Å²) in [7, 11) is 0. The van der Waals surface area contributed by atoms with Gasteiger partial charge in [0.05, 0.1) is 0 Å². The Labute approximate surface area is 190 Å². The van der Waals surface area contributed by atoms with E-state index in [0.717, 1.165) is 12.1 Å². The molecule has 3 saturated heterocycles. The number of piperazine rings is 1. The SMILES string of the molecule is c1ccc(C(CN2CCC(N3CCCCC3)CC2)N2CCN(C3CCCC3)CC2)cc1. The van der Waals surface area contributed by atoms with Crippen LogP contribution in [0, 0.1) is 0 Å². The molecule has 3 aliphatic heterocycles. The summed E-state index contributed by atoms with van der Waals surface area (Å²) in [6, 6.07) is 13.7. The Bertz CT molecular complexity index is 636. The topological polar surface area (TPSA) is 13.0 Å². The van der Waals surface area contributed by atoms with Gasteiger partial charge in [0.2, 0.25) is 0 Å². The van der Waals surface area contributed by atoms with Crippen LogP contribution in [0.3, 0.4) is 0 Å². The first-order valence-electron chi connectivity index (χ1n) is 13.4. The van der Waals surface area contributed by atoms with Crippen LogP contribution in [0.2, 0.25) is 0 Å². The van der Waals surface area contributed by atoms with Crippen molar-refractivity contribution in [1.82, 2.24) is 19.6 Å². The molecule has 172 valence electrons. The molecule has 1 aromatic carbocycles. The van der Waals surface area contributed by atoms with Gasteiger partial charge in [0.25, 0.3) is 0 Å². The average molecular weight is 425 g/mol. The maximum absolute atomic E-state index is 2.80. The van der Waals surface area contributed by atoms with E-state index < -0.39 is 0 Å². The first-order valence-corrected chi connectivity index (χ1v) is 13.4. The van der Waals surface area contributed by atoms with Crippen LogP contribution in [0.5, 0.6) is 0 Å². The molecule has 0 aromatic heterocycles. The van der Waals surface area contributed by atoms with E-state index in [9.17, 15) is 0 Å². The van der Waals surface area contributed by atoms with Gasteiger partial charge in [-0.25, -0.2) is 0 Å². The highest BCUT2D eigenvalue weighted by atomic mass is 15.3. The monoisotopic (exact) mass is 424 g/mol. The van der Waals surface area contributed by atoms with Crippen LogP contribution < -0.4 is 0 Å². The van der Waals surface area contributed by atoms with Crippen LogP contribution in [0.4, 0.5) is 0 Å². The zero-order chi connectivity index (χ0) is 20.9. The standard InChI is InChI=1S/C27H44N4/c1-3-9-24(10-4-1)27(31-21-19-30(20-22-31)25-11-5-6-12-25)23-28-17-13-26(14-18-28)29-15-7-2-8-16-29/h1,3-4,9-10,25-27H,2,5-8,11-23H2. The summed E-state index contributed by atoms with van der Waals surface area (Å²) in [5.74, 6) is 0. The minimum absolute atomic E-state index is 0.554. The van der Waals surface area contributed by atoms with E-state index in [2.05, 4.69) is 49.9 Å². The van der Waals surface area contributed by atoms with E-state index in [1.807, 2.05) is 0 Å². The molecule has 0 N–H and O–H groups in total. The van der Waals surface area contributed by atoms with E-state index in [1.165, 1.54) is 122 Å². The van der Waals surface area contributed by atoms with Crippen molar-refractivity contribution in [1.29, 1.82) is 0 Å². The van der Waals surface area contributed by atoms with E-state index in [1.54, 1.807) is 0 Å². The van der Waals surface area contributed by atoms with Crippen molar-refractivity contribution >= 4 is 0 Å². The fourth-order valence-corrected chi connectivity index (χ4v) is 6.79. The Morgan fingerprint density at radius 1 is 0.613 bits per heavy atom. The molecule has 1 aliphatic carbocycles. The predicted octanol–water partition coefficient (Wildman–Crippen LogP) is 4.24. The Morgan fingerprint density at radius 2 is 1.23 bits per heavy atom. The first-order chi connectivity index (χ1) is 15.4. The third-order valence-corrected chi connectivity index (χ3v) is 8.71. The zero-order valence-corrected chi connectivity index (χ0v) is 19.6. The molecule has 0 radical (unpaired) electrons. The molecule has 4 aliphatic rings. The molecule has 4 nitrogen and oxygen atoms in total. The molecule has 5 rings (SSSR count). The molecule has 3 heterocycles. The van der Waals surface area contributed by atoms with Crippen LogP contribution >= 0.6 is 0 Å². The molecule has 31 heavy (non-hydrogen) atoms. The number of benzene rings is 1. The van der Waals surface area contributed by atoms with Crippen molar-refractivity contribution in [2.75, 3.05) is 58.9 Å². The molecule has 4 heteroatoms. The maximum Gasteiger partial charge on any atom is 0.0476 e. The molecule has 1 saturated carbocycles. The van der Waals surface area contributed by atoms with Crippen LogP contribution in [0.25, 0.3) is 0 Å². The van der Waals surface area contributed by atoms with Crippen LogP contribution in [0.15, 0.2) is 30.3 Å². The van der Waals surface area contributed by atoms with Crippen LogP contribution in [-0.2, 0) is 0 Å². The lowest BCUT2D eigenvalue weighted by Crippen LogP contribution is -2.53. The summed E-state index contributed by atoms with van der Waals surface area (Å²) in [6.07, 6.45) is 12.8. The number of nitrogens with zero attached hydrogens (tertiary/aromatic N) is 4. The van der Waals surface area contributed by atoms with E-state index in [4.69, 9.17) is 0 Å². The highest BCUT2D eigenvalue weighted by Gasteiger charge is 2.32. The summed E-state index contributed by atoms with van der Waals surface area (Å²) < 4.78 is 0. The highest BCUT2D eigenvalue weighted by Crippen LogP contribution is 2.29. The van der Waals surface area contributed by atoms with Gasteiger partial charge in [-0.3, -0.25) is 9.80 Å². The third-order valence-electron chi connectivity index (χ3n) is 8.71. The molecule has 0 amide bonds. The fourth-order valence-electron chi connectivity index (χ4n) is 6.79.